The Hall–Kier alpha value is -3.46. The summed E-state index contributed by atoms with van der Waals surface area (Å²) >= 11 is 1.53. The van der Waals surface area contributed by atoms with Gasteiger partial charge in [0.05, 0.1) is 41.0 Å². The van der Waals surface area contributed by atoms with Crippen LogP contribution in [0.2, 0.25) is 0 Å². The average molecular weight is 442 g/mol. The summed E-state index contributed by atoms with van der Waals surface area (Å²) in [5.41, 5.74) is 2.37. The number of rotatable bonds is 9. The van der Waals surface area contributed by atoms with Gasteiger partial charge in [-0.3, -0.25) is 14.4 Å². The maximum absolute atomic E-state index is 12.1. The summed E-state index contributed by atoms with van der Waals surface area (Å²) in [5.74, 6) is -0.949. The van der Waals surface area contributed by atoms with Crippen molar-refractivity contribution >= 4 is 45.0 Å². The number of benzene rings is 2. The van der Waals surface area contributed by atoms with Crippen LogP contribution in [-0.2, 0) is 25.5 Å². The summed E-state index contributed by atoms with van der Waals surface area (Å²) in [6.07, 6.45) is 0.571. The number of hydrogen-bond acceptors (Lipinski definition) is 7. The number of nitrogens with zero attached hydrogens (tertiary/aromatic N) is 1. The minimum absolute atomic E-state index is 0.126. The first-order chi connectivity index (χ1) is 14.9. The maximum atomic E-state index is 12.1. The van der Waals surface area contributed by atoms with Gasteiger partial charge in [0.25, 0.3) is 5.91 Å². The number of hydrogen-bond donors (Lipinski definition) is 2. The molecule has 2 amide bonds. The number of ether oxygens (including phenoxy) is 2. The summed E-state index contributed by atoms with van der Waals surface area (Å²) < 4.78 is 11.2. The lowest BCUT2D eigenvalue weighted by Crippen LogP contribution is -2.35. The van der Waals surface area contributed by atoms with Crippen LogP contribution in [0.15, 0.2) is 42.5 Å². The van der Waals surface area contributed by atoms with Crippen LogP contribution in [0.5, 0.6) is 5.75 Å². The molecular formula is C22H23N3O5S. The SMILES string of the molecule is COc1ccc(C)cc1NC(=O)CNC(=O)COC(=O)CCc1nc2ccccc2s1. The molecule has 0 fully saturated rings. The number of aromatic nitrogens is 1. The number of carbonyl (C=O) groups is 3. The van der Waals surface area contributed by atoms with Gasteiger partial charge < -0.3 is 20.1 Å². The van der Waals surface area contributed by atoms with Crippen molar-refractivity contribution in [2.45, 2.75) is 19.8 Å². The first kappa shape index (κ1) is 22.2. The first-order valence-corrected chi connectivity index (χ1v) is 10.5. The van der Waals surface area contributed by atoms with Crippen molar-refractivity contribution in [3.63, 3.8) is 0 Å². The molecular weight excluding hydrogens is 418 g/mol. The van der Waals surface area contributed by atoms with Crippen LogP contribution in [0.25, 0.3) is 10.2 Å². The van der Waals surface area contributed by atoms with Gasteiger partial charge >= 0.3 is 5.97 Å². The Balaban J connectivity index is 1.37. The van der Waals surface area contributed by atoms with Gasteiger partial charge in [-0.2, -0.15) is 0 Å². The number of fused-ring (bicyclic) bond motifs is 1. The van der Waals surface area contributed by atoms with Crippen molar-refractivity contribution < 1.29 is 23.9 Å². The number of amides is 2. The number of anilines is 1. The van der Waals surface area contributed by atoms with E-state index in [1.165, 1.54) is 18.4 Å². The predicted molar refractivity (Wildman–Crippen MR) is 118 cm³/mol. The fourth-order valence-corrected chi connectivity index (χ4v) is 3.76. The predicted octanol–water partition coefficient (Wildman–Crippen LogP) is 2.84. The zero-order valence-corrected chi connectivity index (χ0v) is 18.1. The zero-order chi connectivity index (χ0) is 22.2. The molecule has 3 rings (SSSR count). The van der Waals surface area contributed by atoms with Gasteiger partial charge in [-0.05, 0) is 36.8 Å². The third kappa shape index (κ3) is 6.51. The molecule has 1 heterocycles. The quantitative estimate of drug-likeness (QED) is 0.495. The van der Waals surface area contributed by atoms with E-state index in [1.807, 2.05) is 37.3 Å². The van der Waals surface area contributed by atoms with Crippen molar-refractivity contribution in [2.24, 2.45) is 0 Å². The lowest BCUT2D eigenvalue weighted by molar-refractivity contribution is -0.148. The topological polar surface area (TPSA) is 107 Å². The number of carbonyl (C=O) groups excluding carboxylic acids is 3. The molecule has 31 heavy (non-hydrogen) atoms. The summed E-state index contributed by atoms with van der Waals surface area (Å²) in [6.45, 7) is 1.20. The van der Waals surface area contributed by atoms with E-state index in [0.29, 0.717) is 17.9 Å². The lowest BCUT2D eigenvalue weighted by atomic mass is 10.2. The largest absolute Gasteiger partial charge is 0.495 e. The zero-order valence-electron chi connectivity index (χ0n) is 17.3. The molecule has 0 atom stereocenters. The van der Waals surface area contributed by atoms with Crippen LogP contribution in [0.4, 0.5) is 5.69 Å². The van der Waals surface area contributed by atoms with Crippen LogP contribution in [-0.4, -0.2) is 43.0 Å². The highest BCUT2D eigenvalue weighted by Gasteiger charge is 2.12. The Morgan fingerprint density at radius 2 is 1.90 bits per heavy atom. The molecule has 8 nitrogen and oxygen atoms in total. The number of nitrogens with one attached hydrogen (secondary N) is 2. The van der Waals surface area contributed by atoms with Gasteiger partial charge in [0.2, 0.25) is 5.91 Å². The minimum Gasteiger partial charge on any atom is -0.495 e. The second kappa shape index (κ2) is 10.5. The summed E-state index contributed by atoms with van der Waals surface area (Å²) in [4.78, 5) is 40.3. The molecule has 0 radical (unpaired) electrons. The van der Waals surface area contributed by atoms with Crippen LogP contribution >= 0.6 is 11.3 Å². The molecule has 2 N–H and O–H groups in total. The molecule has 162 valence electrons. The van der Waals surface area contributed by atoms with Crippen molar-refractivity contribution in [3.8, 4) is 5.75 Å². The second-order valence-corrected chi connectivity index (χ2v) is 7.88. The van der Waals surface area contributed by atoms with Crippen molar-refractivity contribution in [1.29, 1.82) is 0 Å². The van der Waals surface area contributed by atoms with E-state index in [1.54, 1.807) is 12.1 Å². The van der Waals surface area contributed by atoms with Crippen molar-refractivity contribution in [3.05, 3.63) is 53.0 Å². The van der Waals surface area contributed by atoms with E-state index < -0.39 is 24.4 Å². The van der Waals surface area contributed by atoms with E-state index >= 15 is 0 Å². The Labute approximate surface area is 183 Å². The van der Waals surface area contributed by atoms with E-state index in [-0.39, 0.29) is 13.0 Å². The normalized spacial score (nSPS) is 10.5. The van der Waals surface area contributed by atoms with Gasteiger partial charge in [0, 0.05) is 6.42 Å². The Bertz CT molecular complexity index is 1060. The van der Waals surface area contributed by atoms with Gasteiger partial charge in [-0.25, -0.2) is 4.98 Å². The van der Waals surface area contributed by atoms with Crippen molar-refractivity contribution in [2.75, 3.05) is 25.6 Å². The third-order valence-corrected chi connectivity index (χ3v) is 5.42. The molecule has 0 unspecified atom stereocenters. The van der Waals surface area contributed by atoms with E-state index in [9.17, 15) is 14.4 Å². The second-order valence-electron chi connectivity index (χ2n) is 6.76. The Morgan fingerprint density at radius 1 is 1.10 bits per heavy atom. The minimum atomic E-state index is -0.556. The maximum Gasteiger partial charge on any atom is 0.306 e. The molecule has 0 bridgehead atoms. The highest BCUT2D eigenvalue weighted by atomic mass is 32.1. The Morgan fingerprint density at radius 3 is 2.68 bits per heavy atom. The molecule has 0 aliphatic carbocycles. The van der Waals surface area contributed by atoms with Crippen LogP contribution in [0, 0.1) is 6.92 Å². The smallest absolute Gasteiger partial charge is 0.306 e. The molecule has 0 saturated carbocycles. The molecule has 1 aromatic heterocycles. The number of aryl methyl sites for hydroxylation is 2. The summed E-state index contributed by atoms with van der Waals surface area (Å²) in [6, 6.07) is 13.1. The summed E-state index contributed by atoms with van der Waals surface area (Å²) in [7, 11) is 1.51. The van der Waals surface area contributed by atoms with Gasteiger partial charge in [0.15, 0.2) is 6.61 Å². The number of methoxy groups -OCH3 is 1. The molecule has 9 heteroatoms. The fraction of sp³-hybridized carbons (Fsp3) is 0.273. The fourth-order valence-electron chi connectivity index (χ4n) is 2.80. The third-order valence-electron chi connectivity index (χ3n) is 4.32. The molecule has 0 saturated heterocycles. The van der Waals surface area contributed by atoms with E-state index in [2.05, 4.69) is 15.6 Å². The number of thiazole rings is 1. The summed E-state index contributed by atoms with van der Waals surface area (Å²) in [5, 5.41) is 5.94. The van der Waals surface area contributed by atoms with Crippen LogP contribution in [0.1, 0.15) is 17.0 Å². The first-order valence-electron chi connectivity index (χ1n) is 9.66. The van der Waals surface area contributed by atoms with Crippen LogP contribution < -0.4 is 15.4 Å². The highest BCUT2D eigenvalue weighted by Crippen LogP contribution is 2.25. The van der Waals surface area contributed by atoms with Crippen molar-refractivity contribution in [1.82, 2.24) is 10.3 Å². The number of para-hydroxylation sites is 1. The van der Waals surface area contributed by atoms with Gasteiger partial charge in [-0.1, -0.05) is 18.2 Å². The standard InChI is InChI=1S/C22H23N3O5S/c1-14-7-8-17(29-2)16(11-14)24-19(26)12-23-20(27)13-30-22(28)10-9-21-25-15-5-3-4-6-18(15)31-21/h3-8,11H,9-10,12-13H2,1-2H3,(H,23,27)(H,24,26). The van der Waals surface area contributed by atoms with E-state index in [0.717, 1.165) is 20.8 Å². The Kier molecular flexibility index (Phi) is 7.55. The van der Waals surface area contributed by atoms with Gasteiger partial charge in [-0.15, -0.1) is 11.3 Å². The molecule has 0 aliphatic heterocycles. The highest BCUT2D eigenvalue weighted by molar-refractivity contribution is 7.18. The molecule has 3 aromatic rings. The van der Waals surface area contributed by atoms with E-state index in [4.69, 9.17) is 9.47 Å². The number of esters is 1. The molecule has 0 spiro atoms. The average Bonchev–Trinajstić information content (AvgIpc) is 3.18. The monoisotopic (exact) mass is 441 g/mol. The molecule has 0 aliphatic rings. The van der Waals surface area contributed by atoms with Crippen LogP contribution in [0.3, 0.4) is 0 Å². The van der Waals surface area contributed by atoms with Gasteiger partial charge in [0.1, 0.15) is 5.75 Å². The lowest BCUT2D eigenvalue weighted by Gasteiger charge is -2.11. The molecule has 2 aromatic carbocycles.